The van der Waals surface area contributed by atoms with Crippen molar-refractivity contribution in [2.24, 2.45) is 0 Å². The highest BCUT2D eigenvalue weighted by atomic mass is 15.0. The Bertz CT molecular complexity index is 316. The SMILES string of the molecule is CC(C)c1cc(NC2CCCC2)ncn1. The van der Waals surface area contributed by atoms with Crippen molar-refractivity contribution < 1.29 is 0 Å². The van der Waals surface area contributed by atoms with E-state index in [-0.39, 0.29) is 0 Å². The Hall–Kier alpha value is -1.12. The molecule has 0 aromatic carbocycles. The van der Waals surface area contributed by atoms with Crippen LogP contribution in [-0.4, -0.2) is 16.0 Å². The molecule has 82 valence electrons. The predicted octanol–water partition coefficient (Wildman–Crippen LogP) is 2.95. The molecule has 1 saturated carbocycles. The third kappa shape index (κ3) is 2.67. The second kappa shape index (κ2) is 4.60. The smallest absolute Gasteiger partial charge is 0.129 e. The lowest BCUT2D eigenvalue weighted by Crippen LogP contribution is -2.15. The molecular weight excluding hydrogens is 186 g/mol. The van der Waals surface area contributed by atoms with Crippen LogP contribution in [-0.2, 0) is 0 Å². The molecular formula is C12H19N3. The van der Waals surface area contributed by atoms with E-state index in [1.165, 1.54) is 25.7 Å². The number of nitrogens with one attached hydrogen (secondary N) is 1. The molecule has 3 nitrogen and oxygen atoms in total. The zero-order valence-electron chi connectivity index (χ0n) is 9.53. The molecule has 1 N–H and O–H groups in total. The molecule has 3 heteroatoms. The van der Waals surface area contributed by atoms with Gasteiger partial charge in [0.25, 0.3) is 0 Å². The number of aromatic nitrogens is 2. The molecule has 1 aliphatic carbocycles. The first-order valence-corrected chi connectivity index (χ1v) is 5.84. The maximum Gasteiger partial charge on any atom is 0.129 e. The first kappa shape index (κ1) is 10.4. The summed E-state index contributed by atoms with van der Waals surface area (Å²) in [6.45, 7) is 4.31. The Morgan fingerprint density at radius 2 is 2.00 bits per heavy atom. The van der Waals surface area contributed by atoms with Gasteiger partial charge in [-0.05, 0) is 18.8 Å². The molecule has 15 heavy (non-hydrogen) atoms. The van der Waals surface area contributed by atoms with Gasteiger partial charge in [-0.1, -0.05) is 26.7 Å². The van der Waals surface area contributed by atoms with Crippen molar-refractivity contribution in [3.8, 4) is 0 Å². The highest BCUT2D eigenvalue weighted by Crippen LogP contribution is 2.22. The van der Waals surface area contributed by atoms with E-state index in [4.69, 9.17) is 0 Å². The third-order valence-corrected chi connectivity index (χ3v) is 2.99. The number of hydrogen-bond donors (Lipinski definition) is 1. The van der Waals surface area contributed by atoms with E-state index in [0.29, 0.717) is 12.0 Å². The van der Waals surface area contributed by atoms with E-state index in [1.54, 1.807) is 6.33 Å². The molecule has 1 heterocycles. The average Bonchev–Trinajstić information content (AvgIpc) is 2.71. The highest BCUT2D eigenvalue weighted by molar-refractivity contribution is 5.36. The summed E-state index contributed by atoms with van der Waals surface area (Å²) in [5.74, 6) is 1.46. The minimum atomic E-state index is 0.470. The Morgan fingerprint density at radius 1 is 1.27 bits per heavy atom. The number of hydrogen-bond acceptors (Lipinski definition) is 3. The molecule has 1 aromatic rings. The number of nitrogens with zero attached hydrogens (tertiary/aromatic N) is 2. The minimum absolute atomic E-state index is 0.470. The highest BCUT2D eigenvalue weighted by Gasteiger charge is 2.15. The van der Waals surface area contributed by atoms with Crippen molar-refractivity contribution in [2.45, 2.75) is 51.5 Å². The molecule has 0 bridgehead atoms. The zero-order chi connectivity index (χ0) is 10.7. The van der Waals surface area contributed by atoms with Gasteiger partial charge in [-0.25, -0.2) is 9.97 Å². The summed E-state index contributed by atoms with van der Waals surface area (Å²) in [4.78, 5) is 8.53. The van der Waals surface area contributed by atoms with Crippen molar-refractivity contribution >= 4 is 5.82 Å². The average molecular weight is 205 g/mol. The first-order chi connectivity index (χ1) is 7.25. The molecule has 2 rings (SSSR count). The standard InChI is InChI=1S/C12H19N3/c1-9(2)11-7-12(14-8-13-11)15-10-5-3-4-6-10/h7-10H,3-6H2,1-2H3,(H,13,14,15). The second-order valence-electron chi connectivity index (χ2n) is 4.61. The van der Waals surface area contributed by atoms with Crippen LogP contribution in [0.1, 0.15) is 51.1 Å². The maximum absolute atomic E-state index is 4.26. The lowest BCUT2D eigenvalue weighted by atomic mass is 10.1. The van der Waals surface area contributed by atoms with Crippen molar-refractivity contribution in [2.75, 3.05) is 5.32 Å². The van der Waals surface area contributed by atoms with E-state index in [9.17, 15) is 0 Å². The van der Waals surface area contributed by atoms with Crippen LogP contribution in [0.3, 0.4) is 0 Å². The summed E-state index contributed by atoms with van der Waals surface area (Å²) < 4.78 is 0. The van der Waals surface area contributed by atoms with Crippen LogP contribution >= 0.6 is 0 Å². The lowest BCUT2D eigenvalue weighted by Gasteiger charge is -2.13. The fourth-order valence-corrected chi connectivity index (χ4v) is 2.05. The fourth-order valence-electron chi connectivity index (χ4n) is 2.05. The zero-order valence-corrected chi connectivity index (χ0v) is 9.53. The van der Waals surface area contributed by atoms with Crippen molar-refractivity contribution in [1.82, 2.24) is 9.97 Å². The van der Waals surface area contributed by atoms with E-state index in [1.807, 2.05) is 0 Å². The Labute approximate surface area is 91.3 Å². The summed E-state index contributed by atoms with van der Waals surface area (Å²) in [7, 11) is 0. The summed E-state index contributed by atoms with van der Waals surface area (Å²) in [5.41, 5.74) is 1.12. The van der Waals surface area contributed by atoms with Crippen LogP contribution in [0.25, 0.3) is 0 Å². The lowest BCUT2D eigenvalue weighted by molar-refractivity contribution is 0.745. The van der Waals surface area contributed by atoms with E-state index in [0.717, 1.165) is 11.5 Å². The molecule has 0 aliphatic heterocycles. The van der Waals surface area contributed by atoms with Gasteiger partial charge in [0.15, 0.2) is 0 Å². The maximum atomic E-state index is 4.26. The quantitative estimate of drug-likeness (QED) is 0.824. The van der Waals surface area contributed by atoms with Crippen LogP contribution in [0.4, 0.5) is 5.82 Å². The fraction of sp³-hybridized carbons (Fsp3) is 0.667. The van der Waals surface area contributed by atoms with Crippen LogP contribution in [0.2, 0.25) is 0 Å². The van der Waals surface area contributed by atoms with Gasteiger partial charge in [0.2, 0.25) is 0 Å². The Balaban J connectivity index is 2.04. The largest absolute Gasteiger partial charge is 0.367 e. The van der Waals surface area contributed by atoms with Gasteiger partial charge in [-0.2, -0.15) is 0 Å². The van der Waals surface area contributed by atoms with Gasteiger partial charge in [0.05, 0.1) is 0 Å². The first-order valence-electron chi connectivity index (χ1n) is 5.84. The Kier molecular flexibility index (Phi) is 3.19. The Morgan fingerprint density at radius 3 is 2.67 bits per heavy atom. The molecule has 1 aromatic heterocycles. The monoisotopic (exact) mass is 205 g/mol. The van der Waals surface area contributed by atoms with Crippen molar-refractivity contribution in [3.63, 3.8) is 0 Å². The third-order valence-electron chi connectivity index (χ3n) is 2.99. The van der Waals surface area contributed by atoms with E-state index in [2.05, 4.69) is 35.2 Å². The van der Waals surface area contributed by atoms with Gasteiger partial charge >= 0.3 is 0 Å². The summed E-state index contributed by atoms with van der Waals surface area (Å²) >= 11 is 0. The molecule has 0 spiro atoms. The van der Waals surface area contributed by atoms with Gasteiger partial charge in [-0.3, -0.25) is 0 Å². The molecule has 0 radical (unpaired) electrons. The van der Waals surface area contributed by atoms with Gasteiger partial charge in [0, 0.05) is 17.8 Å². The summed E-state index contributed by atoms with van der Waals surface area (Å²) in [6, 6.07) is 2.70. The molecule has 0 atom stereocenters. The number of anilines is 1. The van der Waals surface area contributed by atoms with E-state index >= 15 is 0 Å². The van der Waals surface area contributed by atoms with Crippen LogP contribution in [0.15, 0.2) is 12.4 Å². The summed E-state index contributed by atoms with van der Waals surface area (Å²) in [5, 5.41) is 3.49. The molecule has 0 saturated heterocycles. The van der Waals surface area contributed by atoms with Crippen molar-refractivity contribution in [3.05, 3.63) is 18.1 Å². The second-order valence-corrected chi connectivity index (χ2v) is 4.61. The van der Waals surface area contributed by atoms with Crippen LogP contribution in [0.5, 0.6) is 0 Å². The normalized spacial score (nSPS) is 17.3. The van der Waals surface area contributed by atoms with Gasteiger partial charge < -0.3 is 5.32 Å². The minimum Gasteiger partial charge on any atom is -0.367 e. The van der Waals surface area contributed by atoms with E-state index < -0.39 is 0 Å². The molecule has 1 aliphatic rings. The van der Waals surface area contributed by atoms with Crippen molar-refractivity contribution in [1.29, 1.82) is 0 Å². The predicted molar refractivity (Wildman–Crippen MR) is 62.0 cm³/mol. The van der Waals surface area contributed by atoms with Crippen LogP contribution in [0, 0.1) is 0 Å². The van der Waals surface area contributed by atoms with Crippen LogP contribution < -0.4 is 5.32 Å². The molecule has 1 fully saturated rings. The molecule has 0 amide bonds. The van der Waals surface area contributed by atoms with Gasteiger partial charge in [0.1, 0.15) is 12.1 Å². The molecule has 0 unspecified atom stereocenters. The van der Waals surface area contributed by atoms with Gasteiger partial charge in [-0.15, -0.1) is 0 Å². The summed E-state index contributed by atoms with van der Waals surface area (Å²) in [6.07, 6.45) is 6.91. The topological polar surface area (TPSA) is 37.8 Å². The number of rotatable bonds is 3.